The Balaban J connectivity index is 1.33. The number of allylic oxidation sites excluding steroid dienone is 6. The van der Waals surface area contributed by atoms with Crippen molar-refractivity contribution in [2.24, 2.45) is 0 Å². The van der Waals surface area contributed by atoms with Gasteiger partial charge in [-0.2, -0.15) is 0 Å². The Labute approximate surface area is 141 Å². The molecule has 5 rings (SSSR count). The van der Waals surface area contributed by atoms with E-state index in [0.717, 1.165) is 24.1 Å². The second kappa shape index (κ2) is 5.02. The van der Waals surface area contributed by atoms with Crippen LogP contribution in [-0.2, 0) is 4.79 Å². The number of amides is 1. The molecule has 4 aliphatic rings. The number of pyridine rings is 1. The van der Waals surface area contributed by atoms with Gasteiger partial charge in [-0.15, -0.1) is 0 Å². The number of fused-ring (bicyclic) bond motifs is 2. The highest BCUT2D eigenvalue weighted by Crippen LogP contribution is 2.51. The minimum absolute atomic E-state index is 0.0757. The zero-order valence-electron chi connectivity index (χ0n) is 13.7. The van der Waals surface area contributed by atoms with Gasteiger partial charge in [0.2, 0.25) is 0 Å². The van der Waals surface area contributed by atoms with Crippen molar-refractivity contribution in [3.63, 3.8) is 0 Å². The van der Waals surface area contributed by atoms with Gasteiger partial charge in [-0.3, -0.25) is 9.69 Å². The van der Waals surface area contributed by atoms with Gasteiger partial charge < -0.3 is 5.32 Å². The minimum Gasteiger partial charge on any atom is -0.307 e. The van der Waals surface area contributed by atoms with E-state index in [1.165, 1.54) is 35.1 Å². The molecule has 0 spiro atoms. The molecule has 1 atom stereocenters. The predicted octanol–water partition coefficient (Wildman–Crippen LogP) is 3.29. The molecule has 4 nitrogen and oxygen atoms in total. The van der Waals surface area contributed by atoms with Crippen LogP contribution in [0.1, 0.15) is 30.9 Å². The molecule has 2 fully saturated rings. The molecule has 4 heteroatoms. The van der Waals surface area contributed by atoms with Crippen LogP contribution in [0.5, 0.6) is 0 Å². The average Bonchev–Trinajstić information content (AvgIpc) is 2.92. The van der Waals surface area contributed by atoms with Crippen molar-refractivity contribution in [1.29, 1.82) is 0 Å². The molecular weight excluding hydrogens is 298 g/mol. The van der Waals surface area contributed by atoms with Crippen LogP contribution in [0.3, 0.4) is 0 Å². The highest BCUT2D eigenvalue weighted by Gasteiger charge is 2.35. The molecular formula is C20H19N3O. The van der Waals surface area contributed by atoms with Crippen LogP contribution in [0.2, 0.25) is 0 Å². The molecule has 0 radical (unpaired) electrons. The molecule has 1 saturated carbocycles. The normalized spacial score (nSPS) is 24.4. The third-order valence-electron chi connectivity index (χ3n) is 5.45. The number of carbonyl (C=O) groups is 1. The third-order valence-corrected chi connectivity index (χ3v) is 5.45. The standard InChI is InChI=1S/C20H19N3O/c1-23-8-2-3-18(23)12-4-7-19(21-11-12)22-20(24)15-6-5-14-16-9-13(16)10-17(14)15/h4-7,10-11,18H,2-3,8-9H2,1H3,(H,21,22,24)/t18-/m0/s1. The first-order chi connectivity index (χ1) is 11.7. The molecule has 0 aromatic carbocycles. The number of anilines is 1. The molecule has 24 heavy (non-hydrogen) atoms. The molecule has 1 amide bonds. The van der Waals surface area contributed by atoms with Crippen LogP contribution < -0.4 is 5.32 Å². The van der Waals surface area contributed by atoms with Crippen molar-refractivity contribution >= 4 is 11.7 Å². The first-order valence-corrected chi connectivity index (χ1v) is 8.55. The summed E-state index contributed by atoms with van der Waals surface area (Å²) in [7, 11) is 2.15. The van der Waals surface area contributed by atoms with Crippen molar-refractivity contribution < 1.29 is 4.79 Å². The molecule has 0 unspecified atom stereocenters. The Kier molecular flexibility index (Phi) is 2.91. The van der Waals surface area contributed by atoms with Gasteiger partial charge in [0.25, 0.3) is 5.91 Å². The second-order valence-corrected chi connectivity index (χ2v) is 6.97. The first kappa shape index (κ1) is 13.9. The zero-order chi connectivity index (χ0) is 16.3. The Morgan fingerprint density at radius 3 is 2.96 bits per heavy atom. The van der Waals surface area contributed by atoms with Crippen LogP contribution in [0, 0.1) is 0 Å². The lowest BCUT2D eigenvalue weighted by molar-refractivity contribution is -0.112. The maximum absolute atomic E-state index is 12.6. The molecule has 1 aliphatic heterocycles. The van der Waals surface area contributed by atoms with Crippen LogP contribution in [-0.4, -0.2) is 29.4 Å². The third kappa shape index (κ3) is 2.10. The lowest BCUT2D eigenvalue weighted by Crippen LogP contribution is -2.18. The fraction of sp³-hybridized carbons (Fsp3) is 0.300. The van der Waals surface area contributed by atoms with Crippen molar-refractivity contribution in [3.05, 3.63) is 70.0 Å². The van der Waals surface area contributed by atoms with Gasteiger partial charge in [-0.25, -0.2) is 4.98 Å². The fourth-order valence-corrected chi connectivity index (χ4v) is 4.03. The van der Waals surface area contributed by atoms with E-state index in [1.54, 1.807) is 0 Å². The molecule has 1 saturated heterocycles. The quantitative estimate of drug-likeness (QED) is 0.930. The van der Waals surface area contributed by atoms with Gasteiger partial charge in [0.1, 0.15) is 5.82 Å². The minimum atomic E-state index is -0.0757. The van der Waals surface area contributed by atoms with E-state index in [0.29, 0.717) is 11.9 Å². The first-order valence-electron chi connectivity index (χ1n) is 8.55. The van der Waals surface area contributed by atoms with Crippen molar-refractivity contribution in [3.8, 4) is 0 Å². The summed E-state index contributed by atoms with van der Waals surface area (Å²) >= 11 is 0. The number of rotatable bonds is 3. The maximum Gasteiger partial charge on any atom is 0.257 e. The predicted molar refractivity (Wildman–Crippen MR) is 93.4 cm³/mol. The van der Waals surface area contributed by atoms with Gasteiger partial charge in [0.05, 0.1) is 0 Å². The zero-order valence-corrected chi connectivity index (χ0v) is 13.7. The summed E-state index contributed by atoms with van der Waals surface area (Å²) in [6, 6.07) is 4.45. The van der Waals surface area contributed by atoms with Gasteiger partial charge in [-0.05, 0) is 78.9 Å². The van der Waals surface area contributed by atoms with E-state index >= 15 is 0 Å². The molecule has 0 bridgehead atoms. The Morgan fingerprint density at radius 2 is 2.21 bits per heavy atom. The van der Waals surface area contributed by atoms with Gasteiger partial charge in [0, 0.05) is 17.8 Å². The van der Waals surface area contributed by atoms with Crippen LogP contribution in [0.15, 0.2) is 64.4 Å². The summed E-state index contributed by atoms with van der Waals surface area (Å²) in [6.07, 6.45) is 11.5. The Morgan fingerprint density at radius 1 is 1.29 bits per heavy atom. The summed E-state index contributed by atoms with van der Waals surface area (Å²) < 4.78 is 0. The number of nitrogens with one attached hydrogen (secondary N) is 1. The van der Waals surface area contributed by atoms with Gasteiger partial charge in [0.15, 0.2) is 0 Å². The van der Waals surface area contributed by atoms with Crippen LogP contribution >= 0.6 is 0 Å². The van der Waals surface area contributed by atoms with E-state index in [9.17, 15) is 4.79 Å². The maximum atomic E-state index is 12.6. The van der Waals surface area contributed by atoms with Crippen molar-refractivity contribution in [2.45, 2.75) is 25.3 Å². The van der Waals surface area contributed by atoms with E-state index < -0.39 is 0 Å². The number of hydrogen-bond acceptors (Lipinski definition) is 3. The smallest absolute Gasteiger partial charge is 0.257 e. The molecule has 2 heterocycles. The summed E-state index contributed by atoms with van der Waals surface area (Å²) in [5.41, 5.74) is 7.09. The highest BCUT2D eigenvalue weighted by atomic mass is 16.1. The van der Waals surface area contributed by atoms with E-state index in [-0.39, 0.29) is 5.91 Å². The number of hydrogen-bond donors (Lipinski definition) is 1. The molecule has 1 aromatic heterocycles. The van der Waals surface area contributed by atoms with E-state index in [1.807, 2.05) is 18.3 Å². The summed E-state index contributed by atoms with van der Waals surface area (Å²) in [5, 5.41) is 2.93. The monoisotopic (exact) mass is 317 g/mol. The van der Waals surface area contributed by atoms with Crippen LogP contribution in [0.25, 0.3) is 0 Å². The van der Waals surface area contributed by atoms with Crippen molar-refractivity contribution in [2.75, 3.05) is 18.9 Å². The Hall–Kier alpha value is -2.46. The molecule has 1 N–H and O–H groups in total. The fourth-order valence-electron chi connectivity index (χ4n) is 4.03. The topological polar surface area (TPSA) is 45.2 Å². The molecule has 120 valence electrons. The van der Waals surface area contributed by atoms with Crippen LogP contribution in [0.4, 0.5) is 5.82 Å². The highest BCUT2D eigenvalue weighted by molar-refractivity contribution is 6.08. The van der Waals surface area contributed by atoms with E-state index in [4.69, 9.17) is 0 Å². The number of carbonyl (C=O) groups excluding carboxylic acids is 1. The second-order valence-electron chi connectivity index (χ2n) is 6.97. The largest absolute Gasteiger partial charge is 0.307 e. The Bertz CT molecular complexity index is 871. The lowest BCUT2D eigenvalue weighted by atomic mass is 10.1. The van der Waals surface area contributed by atoms with Gasteiger partial charge >= 0.3 is 0 Å². The molecule has 1 aromatic rings. The summed E-state index contributed by atoms with van der Waals surface area (Å²) in [4.78, 5) is 19.4. The lowest BCUT2D eigenvalue weighted by Gasteiger charge is -2.19. The van der Waals surface area contributed by atoms with E-state index in [2.05, 4.69) is 40.5 Å². The molecule has 3 aliphatic carbocycles. The SMILES string of the molecule is CN1CCC[C@H]1c1ccc(NC(=O)C2=C3C=C4CC4=C3C=C2)nc1. The van der Waals surface area contributed by atoms with Gasteiger partial charge in [-0.1, -0.05) is 12.1 Å². The summed E-state index contributed by atoms with van der Waals surface area (Å²) in [6.45, 7) is 1.14. The summed E-state index contributed by atoms with van der Waals surface area (Å²) in [5.74, 6) is 0.538. The number of aromatic nitrogens is 1. The number of likely N-dealkylation sites (tertiary alicyclic amines) is 1. The number of nitrogens with zero attached hydrogens (tertiary/aromatic N) is 2. The average molecular weight is 317 g/mol. The van der Waals surface area contributed by atoms with Crippen molar-refractivity contribution in [1.82, 2.24) is 9.88 Å².